The van der Waals surface area contributed by atoms with Crippen LogP contribution < -0.4 is 5.32 Å². The molecule has 1 aromatic carbocycles. The Morgan fingerprint density at radius 2 is 2.04 bits per heavy atom. The summed E-state index contributed by atoms with van der Waals surface area (Å²) < 4.78 is 48.3. The third kappa shape index (κ3) is 6.08. The number of rotatable bonds is 8. The first kappa shape index (κ1) is 18.1. The molecule has 0 aliphatic heterocycles. The monoisotopic (exact) mass is 341 g/mol. The second kappa shape index (κ2) is 8.54. The molecule has 0 aliphatic carbocycles. The van der Waals surface area contributed by atoms with Crippen LogP contribution in [-0.2, 0) is 28.7 Å². The SMILES string of the molecule is O=C(Cc1cccc(C(F)(F)F)c1)NCCCOCc1ccco1. The smallest absolute Gasteiger partial charge is 0.416 e. The zero-order chi connectivity index (χ0) is 17.4. The van der Waals surface area contributed by atoms with Gasteiger partial charge in [-0.15, -0.1) is 0 Å². The number of carbonyl (C=O) groups is 1. The number of carbonyl (C=O) groups excluding carboxylic acids is 1. The standard InChI is InChI=1S/C17H18F3NO3/c18-17(19,20)14-5-1-4-13(10-14)11-16(22)21-7-3-8-23-12-15-6-2-9-24-15/h1-2,4-6,9-10H,3,7-8,11-12H2,(H,21,22). The molecule has 7 heteroatoms. The lowest BCUT2D eigenvalue weighted by molar-refractivity contribution is -0.137. The summed E-state index contributed by atoms with van der Waals surface area (Å²) in [6.07, 6.45) is -2.32. The van der Waals surface area contributed by atoms with Gasteiger partial charge >= 0.3 is 6.18 Å². The molecule has 0 saturated carbocycles. The maximum atomic E-state index is 12.6. The Labute approximate surface area is 137 Å². The van der Waals surface area contributed by atoms with Crippen molar-refractivity contribution in [1.29, 1.82) is 0 Å². The summed E-state index contributed by atoms with van der Waals surface area (Å²) in [6.45, 7) is 1.21. The maximum Gasteiger partial charge on any atom is 0.416 e. The predicted molar refractivity (Wildman–Crippen MR) is 81.1 cm³/mol. The van der Waals surface area contributed by atoms with Gasteiger partial charge in [0, 0.05) is 13.2 Å². The van der Waals surface area contributed by atoms with Gasteiger partial charge in [-0.1, -0.05) is 18.2 Å². The molecule has 4 nitrogen and oxygen atoms in total. The lowest BCUT2D eigenvalue weighted by Gasteiger charge is -2.09. The minimum absolute atomic E-state index is 0.0861. The molecule has 0 unspecified atom stereocenters. The highest BCUT2D eigenvalue weighted by Crippen LogP contribution is 2.29. The van der Waals surface area contributed by atoms with E-state index in [1.54, 1.807) is 18.4 Å². The number of amides is 1. The minimum atomic E-state index is -4.40. The molecule has 0 aliphatic rings. The Morgan fingerprint density at radius 3 is 2.75 bits per heavy atom. The van der Waals surface area contributed by atoms with E-state index in [1.807, 2.05) is 0 Å². The van der Waals surface area contributed by atoms with E-state index in [0.29, 0.717) is 31.7 Å². The van der Waals surface area contributed by atoms with Gasteiger partial charge in [0.15, 0.2) is 0 Å². The quantitative estimate of drug-likeness (QED) is 0.747. The molecule has 130 valence electrons. The van der Waals surface area contributed by atoms with Crippen LogP contribution in [0.1, 0.15) is 23.3 Å². The molecule has 0 fully saturated rings. The Hall–Kier alpha value is -2.28. The molecule has 0 radical (unpaired) electrons. The average molecular weight is 341 g/mol. The van der Waals surface area contributed by atoms with Crippen molar-refractivity contribution in [3.63, 3.8) is 0 Å². The molecule has 0 saturated heterocycles. The molecule has 0 spiro atoms. The van der Waals surface area contributed by atoms with Gasteiger partial charge in [0.05, 0.1) is 18.2 Å². The number of nitrogens with one attached hydrogen (secondary N) is 1. The largest absolute Gasteiger partial charge is 0.467 e. The maximum absolute atomic E-state index is 12.6. The van der Waals surface area contributed by atoms with Gasteiger partial charge in [-0.3, -0.25) is 4.79 Å². The van der Waals surface area contributed by atoms with Crippen molar-refractivity contribution in [2.45, 2.75) is 25.6 Å². The fourth-order valence-electron chi connectivity index (χ4n) is 2.08. The lowest BCUT2D eigenvalue weighted by atomic mass is 10.1. The van der Waals surface area contributed by atoms with Crippen molar-refractivity contribution < 1.29 is 27.1 Å². The van der Waals surface area contributed by atoms with Crippen LogP contribution in [0.25, 0.3) is 0 Å². The summed E-state index contributed by atoms with van der Waals surface area (Å²) in [6, 6.07) is 8.35. The van der Waals surface area contributed by atoms with Crippen LogP contribution in [0.15, 0.2) is 47.1 Å². The van der Waals surface area contributed by atoms with Gasteiger partial charge in [-0.25, -0.2) is 0 Å². The van der Waals surface area contributed by atoms with E-state index >= 15 is 0 Å². The molecule has 2 aromatic rings. The van der Waals surface area contributed by atoms with Crippen LogP contribution in [0, 0.1) is 0 Å². The minimum Gasteiger partial charge on any atom is -0.467 e. The van der Waals surface area contributed by atoms with Crippen molar-refractivity contribution in [3.05, 3.63) is 59.5 Å². The molecule has 1 aromatic heterocycles. The van der Waals surface area contributed by atoms with Gasteiger partial charge in [0.2, 0.25) is 5.91 Å². The van der Waals surface area contributed by atoms with E-state index in [4.69, 9.17) is 9.15 Å². The van der Waals surface area contributed by atoms with Gasteiger partial charge in [0.1, 0.15) is 12.4 Å². The second-order valence-electron chi connectivity index (χ2n) is 5.21. The van der Waals surface area contributed by atoms with Gasteiger partial charge < -0.3 is 14.5 Å². The number of alkyl halides is 3. The first-order chi connectivity index (χ1) is 11.4. The molecule has 2 rings (SSSR count). The zero-order valence-corrected chi connectivity index (χ0v) is 12.9. The van der Waals surface area contributed by atoms with Crippen molar-refractivity contribution in [1.82, 2.24) is 5.32 Å². The van der Waals surface area contributed by atoms with Crippen molar-refractivity contribution >= 4 is 5.91 Å². The molecule has 24 heavy (non-hydrogen) atoms. The Morgan fingerprint density at radius 1 is 1.21 bits per heavy atom. The van der Waals surface area contributed by atoms with Gasteiger partial charge in [-0.2, -0.15) is 13.2 Å². The number of hydrogen-bond acceptors (Lipinski definition) is 3. The lowest BCUT2D eigenvalue weighted by Crippen LogP contribution is -2.27. The number of ether oxygens (including phenoxy) is 1. The number of benzene rings is 1. The van der Waals surface area contributed by atoms with Crippen LogP contribution in [0.3, 0.4) is 0 Å². The summed E-state index contributed by atoms with van der Waals surface area (Å²) in [5, 5.41) is 2.66. The third-order valence-corrected chi connectivity index (χ3v) is 3.23. The van der Waals surface area contributed by atoms with E-state index in [-0.39, 0.29) is 12.3 Å². The van der Waals surface area contributed by atoms with E-state index in [0.717, 1.165) is 17.9 Å². The summed E-state index contributed by atoms with van der Waals surface area (Å²) in [7, 11) is 0. The van der Waals surface area contributed by atoms with E-state index < -0.39 is 11.7 Å². The fraction of sp³-hybridized carbons (Fsp3) is 0.353. The highest BCUT2D eigenvalue weighted by atomic mass is 19.4. The van der Waals surface area contributed by atoms with E-state index in [1.165, 1.54) is 12.1 Å². The molecule has 1 N–H and O–H groups in total. The first-order valence-electron chi connectivity index (χ1n) is 7.48. The second-order valence-corrected chi connectivity index (χ2v) is 5.21. The number of halogens is 3. The topological polar surface area (TPSA) is 51.5 Å². The Bertz CT molecular complexity index is 639. The normalized spacial score (nSPS) is 11.5. The summed E-state index contributed by atoms with van der Waals surface area (Å²) >= 11 is 0. The highest BCUT2D eigenvalue weighted by Gasteiger charge is 2.30. The van der Waals surface area contributed by atoms with Crippen LogP contribution in [0.5, 0.6) is 0 Å². The molecule has 1 amide bonds. The van der Waals surface area contributed by atoms with Crippen LogP contribution in [0.2, 0.25) is 0 Å². The number of furan rings is 1. The van der Waals surface area contributed by atoms with Crippen molar-refractivity contribution in [2.24, 2.45) is 0 Å². The summed E-state index contributed by atoms with van der Waals surface area (Å²) in [5.41, 5.74) is -0.421. The fourth-order valence-corrected chi connectivity index (χ4v) is 2.08. The van der Waals surface area contributed by atoms with E-state index in [9.17, 15) is 18.0 Å². The van der Waals surface area contributed by atoms with Crippen LogP contribution in [0.4, 0.5) is 13.2 Å². The predicted octanol–water partition coefficient (Wildman–Crippen LogP) is 3.56. The van der Waals surface area contributed by atoms with Crippen molar-refractivity contribution in [3.8, 4) is 0 Å². The van der Waals surface area contributed by atoms with Crippen LogP contribution >= 0.6 is 0 Å². The Kier molecular flexibility index (Phi) is 6.43. The Balaban J connectivity index is 1.64. The average Bonchev–Trinajstić information content (AvgIpc) is 3.03. The molecular formula is C17H18F3NO3. The molecular weight excluding hydrogens is 323 g/mol. The molecule has 1 heterocycles. The highest BCUT2D eigenvalue weighted by molar-refractivity contribution is 5.78. The van der Waals surface area contributed by atoms with Gasteiger partial charge in [-0.05, 0) is 30.2 Å². The molecule has 0 bridgehead atoms. The van der Waals surface area contributed by atoms with Crippen molar-refractivity contribution in [2.75, 3.05) is 13.2 Å². The summed E-state index contributed by atoms with van der Waals surface area (Å²) in [5.74, 6) is 0.406. The third-order valence-electron chi connectivity index (χ3n) is 3.23. The first-order valence-corrected chi connectivity index (χ1v) is 7.48. The van der Waals surface area contributed by atoms with E-state index in [2.05, 4.69) is 5.32 Å². The van der Waals surface area contributed by atoms with Gasteiger partial charge in [0.25, 0.3) is 0 Å². The molecule has 0 atom stereocenters. The summed E-state index contributed by atoms with van der Waals surface area (Å²) in [4.78, 5) is 11.7. The zero-order valence-electron chi connectivity index (χ0n) is 12.9. The number of hydrogen-bond donors (Lipinski definition) is 1. The van der Waals surface area contributed by atoms with Crippen LogP contribution in [-0.4, -0.2) is 19.1 Å².